The van der Waals surface area contributed by atoms with Crippen LogP contribution in [-0.2, 0) is 17.9 Å². The second kappa shape index (κ2) is 7.59. The number of rotatable bonds is 6. The van der Waals surface area contributed by atoms with E-state index in [-0.39, 0.29) is 18.1 Å². The molecule has 0 aliphatic rings. The van der Waals surface area contributed by atoms with Gasteiger partial charge in [-0.3, -0.25) is 14.2 Å². The molecule has 0 bridgehead atoms. The molecule has 2 N–H and O–H groups in total. The van der Waals surface area contributed by atoms with Crippen molar-refractivity contribution in [2.24, 2.45) is 0 Å². The molecule has 0 aliphatic heterocycles. The molecule has 1 aromatic carbocycles. The van der Waals surface area contributed by atoms with E-state index in [1.165, 1.54) is 23.1 Å². The van der Waals surface area contributed by atoms with Gasteiger partial charge in [0.1, 0.15) is 6.54 Å². The first-order valence-electron chi connectivity index (χ1n) is 7.43. The largest absolute Gasteiger partial charge is 0.476 e. The topological polar surface area (TPSA) is 102 Å². The van der Waals surface area contributed by atoms with E-state index < -0.39 is 5.97 Å². The lowest BCUT2D eigenvalue weighted by molar-refractivity contribution is -0.116. The zero-order valence-electron chi connectivity index (χ0n) is 13.3. The number of carboxylic acids is 1. The van der Waals surface area contributed by atoms with Crippen molar-refractivity contribution < 1.29 is 14.7 Å². The number of aromatic carboxylic acids is 1. The number of aromatic nitrogens is 4. The number of anilines is 1. The van der Waals surface area contributed by atoms with Crippen molar-refractivity contribution in [3.05, 3.63) is 64.2 Å². The van der Waals surface area contributed by atoms with Crippen LogP contribution < -0.4 is 5.32 Å². The normalized spacial score (nSPS) is 10.7. The first-order chi connectivity index (χ1) is 12.4. The average Bonchev–Trinajstić information content (AvgIpc) is 3.20. The third-order valence-electron chi connectivity index (χ3n) is 3.43. The summed E-state index contributed by atoms with van der Waals surface area (Å²) in [5.41, 5.74) is 1.23. The van der Waals surface area contributed by atoms with Crippen LogP contribution in [0.3, 0.4) is 0 Å². The number of halogens is 2. The van der Waals surface area contributed by atoms with E-state index in [4.69, 9.17) is 28.3 Å². The molecule has 0 unspecified atom stereocenters. The van der Waals surface area contributed by atoms with Gasteiger partial charge < -0.3 is 10.4 Å². The Bertz CT molecular complexity index is 966. The highest BCUT2D eigenvalue weighted by Crippen LogP contribution is 2.22. The highest BCUT2D eigenvalue weighted by Gasteiger charge is 2.11. The molecule has 8 nitrogen and oxygen atoms in total. The van der Waals surface area contributed by atoms with Crippen LogP contribution in [0, 0.1) is 0 Å². The number of benzene rings is 1. The van der Waals surface area contributed by atoms with Gasteiger partial charge in [-0.1, -0.05) is 29.3 Å². The highest BCUT2D eigenvalue weighted by molar-refractivity contribution is 6.35. The van der Waals surface area contributed by atoms with Gasteiger partial charge in [-0.05, 0) is 23.8 Å². The molecule has 0 fully saturated rings. The molecular weight excluding hydrogens is 381 g/mol. The fraction of sp³-hybridized carbons (Fsp3) is 0.125. The smallest absolute Gasteiger partial charge is 0.356 e. The summed E-state index contributed by atoms with van der Waals surface area (Å²) >= 11 is 12.0. The summed E-state index contributed by atoms with van der Waals surface area (Å²) in [6.45, 7) is 0.314. The Morgan fingerprint density at radius 3 is 2.69 bits per heavy atom. The van der Waals surface area contributed by atoms with Crippen molar-refractivity contribution in [1.29, 1.82) is 0 Å². The molecule has 0 saturated heterocycles. The number of hydrogen-bond donors (Lipinski definition) is 2. The number of carbonyl (C=O) groups excluding carboxylic acids is 1. The van der Waals surface area contributed by atoms with Gasteiger partial charge in [0, 0.05) is 22.4 Å². The summed E-state index contributed by atoms with van der Waals surface area (Å²) in [6, 6.07) is 6.52. The zero-order valence-corrected chi connectivity index (χ0v) is 14.8. The number of carbonyl (C=O) groups is 2. The molecule has 134 valence electrons. The van der Waals surface area contributed by atoms with Crippen LogP contribution >= 0.6 is 23.2 Å². The van der Waals surface area contributed by atoms with Crippen molar-refractivity contribution in [3.8, 4) is 0 Å². The molecule has 0 aliphatic carbocycles. The van der Waals surface area contributed by atoms with Crippen LogP contribution in [0.25, 0.3) is 0 Å². The minimum Gasteiger partial charge on any atom is -0.476 e. The van der Waals surface area contributed by atoms with Gasteiger partial charge >= 0.3 is 5.97 Å². The van der Waals surface area contributed by atoms with Crippen molar-refractivity contribution >= 4 is 40.8 Å². The number of carboxylic acid groups (broad SMARTS) is 1. The van der Waals surface area contributed by atoms with Gasteiger partial charge in [-0.25, -0.2) is 4.79 Å². The minimum absolute atomic E-state index is 0.110. The van der Waals surface area contributed by atoms with E-state index in [9.17, 15) is 9.59 Å². The Labute approximate surface area is 157 Å². The predicted molar refractivity (Wildman–Crippen MR) is 95.6 cm³/mol. The van der Waals surface area contributed by atoms with Gasteiger partial charge in [0.05, 0.1) is 18.4 Å². The van der Waals surface area contributed by atoms with Gasteiger partial charge in [0.2, 0.25) is 5.91 Å². The van der Waals surface area contributed by atoms with Gasteiger partial charge in [0.25, 0.3) is 0 Å². The highest BCUT2D eigenvalue weighted by atomic mass is 35.5. The molecule has 10 heteroatoms. The van der Waals surface area contributed by atoms with E-state index in [0.29, 0.717) is 22.3 Å². The summed E-state index contributed by atoms with van der Waals surface area (Å²) in [5.74, 6) is -1.50. The molecule has 0 saturated carbocycles. The van der Waals surface area contributed by atoms with Gasteiger partial charge in [0.15, 0.2) is 5.69 Å². The molecule has 0 atom stereocenters. The monoisotopic (exact) mass is 393 g/mol. The summed E-state index contributed by atoms with van der Waals surface area (Å²) in [7, 11) is 0. The van der Waals surface area contributed by atoms with E-state index in [1.807, 2.05) is 6.07 Å². The molecule has 1 amide bonds. The fourth-order valence-corrected chi connectivity index (χ4v) is 2.72. The van der Waals surface area contributed by atoms with Gasteiger partial charge in [-0.2, -0.15) is 10.2 Å². The Balaban J connectivity index is 1.60. The number of nitrogens with zero attached hydrogens (tertiary/aromatic N) is 4. The fourth-order valence-electron chi connectivity index (χ4n) is 2.25. The molecule has 0 radical (unpaired) electrons. The van der Waals surface area contributed by atoms with Crippen LogP contribution in [0.1, 0.15) is 16.1 Å². The lowest BCUT2D eigenvalue weighted by Gasteiger charge is -2.05. The predicted octanol–water partition coefficient (Wildman–Crippen LogP) is 2.77. The van der Waals surface area contributed by atoms with Crippen molar-refractivity contribution in [3.63, 3.8) is 0 Å². The third-order valence-corrected chi connectivity index (χ3v) is 4.02. The SMILES string of the molecule is O=C(Cn1ccc(C(=O)O)n1)Nc1cnn(Cc2ccc(Cl)cc2Cl)c1. The Kier molecular flexibility index (Phi) is 5.24. The van der Waals surface area contributed by atoms with Crippen LogP contribution in [0.4, 0.5) is 5.69 Å². The maximum absolute atomic E-state index is 12.0. The molecule has 3 aromatic rings. The molecule has 2 heterocycles. The maximum Gasteiger partial charge on any atom is 0.356 e. The Morgan fingerprint density at radius 1 is 1.19 bits per heavy atom. The lowest BCUT2D eigenvalue weighted by atomic mass is 10.2. The van der Waals surface area contributed by atoms with Crippen LogP contribution in [0.2, 0.25) is 10.0 Å². The van der Waals surface area contributed by atoms with Crippen LogP contribution in [0.15, 0.2) is 42.9 Å². The van der Waals surface area contributed by atoms with Crippen LogP contribution in [-0.4, -0.2) is 36.5 Å². The van der Waals surface area contributed by atoms with Gasteiger partial charge in [-0.15, -0.1) is 0 Å². The standard InChI is InChI=1S/C16H13Cl2N5O3/c17-11-2-1-10(13(18)5-11)7-23-8-12(6-19-23)20-15(24)9-22-4-3-14(21-22)16(25)26/h1-6,8H,7,9H2,(H,20,24)(H,25,26). The lowest BCUT2D eigenvalue weighted by Crippen LogP contribution is -2.19. The van der Waals surface area contributed by atoms with Crippen molar-refractivity contribution in [2.75, 3.05) is 5.32 Å². The minimum atomic E-state index is -1.15. The van der Waals surface area contributed by atoms with Crippen LogP contribution in [0.5, 0.6) is 0 Å². The van der Waals surface area contributed by atoms with E-state index >= 15 is 0 Å². The molecular formula is C16H13Cl2N5O3. The summed E-state index contributed by atoms with van der Waals surface area (Å²) < 4.78 is 2.87. The summed E-state index contributed by atoms with van der Waals surface area (Å²) in [6.07, 6.45) is 4.59. The van der Waals surface area contributed by atoms with E-state index in [0.717, 1.165) is 5.56 Å². The molecule has 2 aromatic heterocycles. The first-order valence-corrected chi connectivity index (χ1v) is 8.19. The molecule has 26 heavy (non-hydrogen) atoms. The molecule has 0 spiro atoms. The Hall–Kier alpha value is -2.84. The number of nitrogens with one attached hydrogen (secondary N) is 1. The van der Waals surface area contributed by atoms with E-state index in [1.54, 1.807) is 23.0 Å². The second-order valence-corrected chi connectivity index (χ2v) is 6.26. The Morgan fingerprint density at radius 2 is 2.00 bits per heavy atom. The summed E-state index contributed by atoms with van der Waals surface area (Å²) in [5, 5.41) is 20.5. The average molecular weight is 394 g/mol. The first kappa shape index (κ1) is 18.0. The maximum atomic E-state index is 12.0. The van der Waals surface area contributed by atoms with E-state index in [2.05, 4.69) is 15.5 Å². The quantitative estimate of drug-likeness (QED) is 0.670. The zero-order chi connectivity index (χ0) is 18.7. The number of hydrogen-bond acceptors (Lipinski definition) is 4. The summed E-state index contributed by atoms with van der Waals surface area (Å²) in [4.78, 5) is 22.8. The second-order valence-electron chi connectivity index (χ2n) is 5.41. The van der Waals surface area contributed by atoms with Crippen molar-refractivity contribution in [1.82, 2.24) is 19.6 Å². The molecule has 3 rings (SSSR count). The third kappa shape index (κ3) is 4.41. The number of amides is 1. The van der Waals surface area contributed by atoms with Crippen molar-refractivity contribution in [2.45, 2.75) is 13.1 Å².